The Morgan fingerprint density at radius 2 is 1.95 bits per heavy atom. The molecule has 1 aliphatic heterocycles. The van der Waals surface area contributed by atoms with Crippen molar-refractivity contribution in [1.82, 2.24) is 4.90 Å². The van der Waals surface area contributed by atoms with Crippen LogP contribution in [0.4, 0.5) is 0 Å². The molecule has 1 aliphatic rings. The minimum absolute atomic E-state index is 0. The third-order valence-electron chi connectivity index (χ3n) is 4.40. The second-order valence-corrected chi connectivity index (χ2v) is 5.86. The average Bonchev–Trinajstić information content (AvgIpc) is 2.54. The van der Waals surface area contributed by atoms with Crippen LogP contribution in [0.15, 0.2) is 42.5 Å². The molecule has 1 saturated heterocycles. The summed E-state index contributed by atoms with van der Waals surface area (Å²) < 4.78 is 0. The van der Waals surface area contributed by atoms with E-state index in [1.807, 2.05) is 35.2 Å². The molecule has 1 heterocycles. The normalized spacial score (nSPS) is 18.0. The molecule has 4 heteroatoms. The summed E-state index contributed by atoms with van der Waals surface area (Å²) in [5, 5.41) is 2.17. The van der Waals surface area contributed by atoms with Crippen LogP contribution in [0.3, 0.4) is 0 Å². The fourth-order valence-corrected chi connectivity index (χ4v) is 3.30. The predicted octanol–water partition coefficient (Wildman–Crippen LogP) is 3.46. The Bertz CT molecular complexity index is 637. The minimum Gasteiger partial charge on any atom is -0.338 e. The lowest BCUT2D eigenvalue weighted by Crippen LogP contribution is -2.40. The first-order chi connectivity index (χ1) is 10.3. The third kappa shape index (κ3) is 3.42. The van der Waals surface area contributed by atoms with Crippen LogP contribution >= 0.6 is 12.4 Å². The van der Waals surface area contributed by atoms with E-state index in [0.717, 1.165) is 42.3 Å². The van der Waals surface area contributed by atoms with Gasteiger partial charge in [0, 0.05) is 18.7 Å². The molecule has 2 N–H and O–H groups in total. The lowest BCUT2D eigenvalue weighted by atomic mass is 9.94. The van der Waals surface area contributed by atoms with Gasteiger partial charge in [-0.25, -0.2) is 0 Å². The first-order valence-electron chi connectivity index (χ1n) is 7.76. The number of nitrogens with two attached hydrogens (primary N) is 1. The highest BCUT2D eigenvalue weighted by atomic mass is 35.5. The van der Waals surface area contributed by atoms with E-state index in [2.05, 4.69) is 12.1 Å². The highest BCUT2D eigenvalue weighted by molar-refractivity contribution is 6.07. The van der Waals surface area contributed by atoms with E-state index in [9.17, 15) is 4.79 Å². The number of rotatable bonds is 3. The zero-order valence-electron chi connectivity index (χ0n) is 12.7. The van der Waals surface area contributed by atoms with Gasteiger partial charge in [-0.3, -0.25) is 4.79 Å². The number of carbonyl (C=O) groups is 1. The number of hydrogen-bond acceptors (Lipinski definition) is 2. The van der Waals surface area contributed by atoms with Crippen molar-refractivity contribution >= 4 is 29.1 Å². The van der Waals surface area contributed by atoms with Crippen molar-refractivity contribution in [3.63, 3.8) is 0 Å². The molecule has 2 aromatic carbocycles. The van der Waals surface area contributed by atoms with Gasteiger partial charge in [-0.05, 0) is 48.6 Å². The van der Waals surface area contributed by atoms with Gasteiger partial charge in [-0.1, -0.05) is 36.4 Å². The van der Waals surface area contributed by atoms with Crippen LogP contribution in [0.2, 0.25) is 0 Å². The topological polar surface area (TPSA) is 46.3 Å². The number of carbonyl (C=O) groups excluding carboxylic acids is 1. The second-order valence-electron chi connectivity index (χ2n) is 5.86. The predicted molar refractivity (Wildman–Crippen MR) is 93.5 cm³/mol. The lowest BCUT2D eigenvalue weighted by molar-refractivity contribution is 0.0671. The van der Waals surface area contributed by atoms with Crippen molar-refractivity contribution in [1.29, 1.82) is 0 Å². The Balaban J connectivity index is 0.00000176. The summed E-state index contributed by atoms with van der Waals surface area (Å²) in [7, 11) is 0. The molecule has 22 heavy (non-hydrogen) atoms. The Morgan fingerprint density at radius 3 is 2.77 bits per heavy atom. The standard InChI is InChI=1S/C18H22N2O.ClH/c19-11-10-14-5-4-12-20(13-14)18(21)17-9-3-7-15-6-1-2-8-16(15)17;/h1-3,6-9,14H,4-5,10-13,19H2;1H. The summed E-state index contributed by atoms with van der Waals surface area (Å²) in [5.41, 5.74) is 6.48. The zero-order valence-corrected chi connectivity index (χ0v) is 13.5. The SMILES string of the molecule is Cl.NCCC1CCCN(C(=O)c2cccc3ccccc23)C1. The summed E-state index contributed by atoms with van der Waals surface area (Å²) in [6.07, 6.45) is 3.29. The number of hydrogen-bond donors (Lipinski definition) is 1. The molecule has 1 amide bonds. The van der Waals surface area contributed by atoms with Crippen LogP contribution in [0, 0.1) is 5.92 Å². The molecule has 0 radical (unpaired) electrons. The molecular formula is C18H23ClN2O. The molecule has 1 unspecified atom stereocenters. The van der Waals surface area contributed by atoms with E-state index in [4.69, 9.17) is 5.73 Å². The van der Waals surface area contributed by atoms with E-state index in [0.29, 0.717) is 12.5 Å². The Kier molecular flexibility index (Phi) is 5.81. The molecule has 2 aromatic rings. The van der Waals surface area contributed by atoms with Crippen molar-refractivity contribution < 1.29 is 4.79 Å². The largest absolute Gasteiger partial charge is 0.338 e. The lowest BCUT2D eigenvalue weighted by Gasteiger charge is -2.33. The smallest absolute Gasteiger partial charge is 0.254 e. The molecule has 0 aromatic heterocycles. The monoisotopic (exact) mass is 318 g/mol. The summed E-state index contributed by atoms with van der Waals surface area (Å²) in [6, 6.07) is 14.1. The summed E-state index contributed by atoms with van der Waals surface area (Å²) in [5.74, 6) is 0.719. The fourth-order valence-electron chi connectivity index (χ4n) is 3.30. The van der Waals surface area contributed by atoms with Gasteiger partial charge in [0.2, 0.25) is 0 Å². The van der Waals surface area contributed by atoms with Crippen molar-refractivity contribution in [2.45, 2.75) is 19.3 Å². The van der Waals surface area contributed by atoms with E-state index < -0.39 is 0 Å². The van der Waals surface area contributed by atoms with E-state index in [1.165, 1.54) is 6.42 Å². The first kappa shape index (κ1) is 16.8. The summed E-state index contributed by atoms with van der Waals surface area (Å²) >= 11 is 0. The van der Waals surface area contributed by atoms with Gasteiger partial charge >= 0.3 is 0 Å². The third-order valence-corrected chi connectivity index (χ3v) is 4.40. The van der Waals surface area contributed by atoms with Crippen LogP contribution in [0.5, 0.6) is 0 Å². The molecule has 1 atom stereocenters. The van der Waals surface area contributed by atoms with Gasteiger partial charge in [-0.15, -0.1) is 12.4 Å². The number of amides is 1. The van der Waals surface area contributed by atoms with Gasteiger partial charge in [-0.2, -0.15) is 0 Å². The number of halogens is 1. The van der Waals surface area contributed by atoms with Gasteiger partial charge in [0.15, 0.2) is 0 Å². The minimum atomic E-state index is 0. The highest BCUT2D eigenvalue weighted by Gasteiger charge is 2.24. The molecule has 0 saturated carbocycles. The molecule has 1 fully saturated rings. The maximum absolute atomic E-state index is 12.9. The molecule has 3 rings (SSSR count). The Morgan fingerprint density at radius 1 is 1.18 bits per heavy atom. The van der Waals surface area contributed by atoms with Gasteiger partial charge < -0.3 is 10.6 Å². The maximum Gasteiger partial charge on any atom is 0.254 e. The van der Waals surface area contributed by atoms with Crippen LogP contribution in [-0.4, -0.2) is 30.4 Å². The van der Waals surface area contributed by atoms with E-state index >= 15 is 0 Å². The molecular weight excluding hydrogens is 296 g/mol. The van der Waals surface area contributed by atoms with Crippen LogP contribution < -0.4 is 5.73 Å². The zero-order chi connectivity index (χ0) is 14.7. The van der Waals surface area contributed by atoms with Gasteiger partial charge in [0.25, 0.3) is 5.91 Å². The van der Waals surface area contributed by atoms with Crippen LogP contribution in [-0.2, 0) is 0 Å². The van der Waals surface area contributed by atoms with Crippen LogP contribution in [0.25, 0.3) is 10.8 Å². The molecule has 3 nitrogen and oxygen atoms in total. The average molecular weight is 319 g/mol. The Labute approximate surface area is 137 Å². The van der Waals surface area contributed by atoms with Gasteiger partial charge in [0.05, 0.1) is 0 Å². The van der Waals surface area contributed by atoms with Crippen molar-refractivity contribution in [3.05, 3.63) is 48.0 Å². The summed E-state index contributed by atoms with van der Waals surface area (Å²) in [4.78, 5) is 14.9. The summed E-state index contributed by atoms with van der Waals surface area (Å²) in [6.45, 7) is 2.42. The number of fused-ring (bicyclic) bond motifs is 1. The number of likely N-dealkylation sites (tertiary alicyclic amines) is 1. The number of nitrogens with zero attached hydrogens (tertiary/aromatic N) is 1. The Hall–Kier alpha value is -1.58. The van der Waals surface area contributed by atoms with E-state index in [-0.39, 0.29) is 18.3 Å². The molecule has 0 bridgehead atoms. The van der Waals surface area contributed by atoms with Crippen LogP contribution in [0.1, 0.15) is 29.6 Å². The van der Waals surface area contributed by atoms with Crippen molar-refractivity contribution in [2.75, 3.05) is 19.6 Å². The first-order valence-corrected chi connectivity index (χ1v) is 7.76. The highest BCUT2D eigenvalue weighted by Crippen LogP contribution is 2.24. The van der Waals surface area contributed by atoms with Crippen molar-refractivity contribution in [2.24, 2.45) is 11.7 Å². The molecule has 0 spiro atoms. The molecule has 0 aliphatic carbocycles. The fraction of sp³-hybridized carbons (Fsp3) is 0.389. The second kappa shape index (κ2) is 7.61. The van der Waals surface area contributed by atoms with Crippen molar-refractivity contribution in [3.8, 4) is 0 Å². The van der Waals surface area contributed by atoms with Gasteiger partial charge in [0.1, 0.15) is 0 Å². The maximum atomic E-state index is 12.9. The quantitative estimate of drug-likeness (QED) is 0.942. The van der Waals surface area contributed by atoms with E-state index in [1.54, 1.807) is 0 Å². The molecule has 118 valence electrons. The number of benzene rings is 2. The number of piperidine rings is 1.